The fraction of sp³-hybridized carbons (Fsp3) is 0.0800. The van der Waals surface area contributed by atoms with Crippen molar-refractivity contribution in [3.05, 3.63) is 320 Å². The first-order valence-corrected chi connectivity index (χ1v) is 27.9. The van der Waals surface area contributed by atoms with E-state index in [9.17, 15) is 4.39 Å². The number of aromatic nitrogens is 3. The van der Waals surface area contributed by atoms with Gasteiger partial charge in [-0.1, -0.05) is 143 Å². The largest absolute Gasteiger partial charge is 0.304 e. The number of pyridine rings is 3. The molecule has 0 saturated heterocycles. The number of nitrogens with zero attached hydrogens (tertiary/aromatic N) is 5. The molecule has 0 atom stereocenters. The first-order chi connectivity index (χ1) is 40.1. The van der Waals surface area contributed by atoms with Crippen molar-refractivity contribution in [2.24, 2.45) is 9.98 Å². The average molecular weight is 2040 g/mol. The van der Waals surface area contributed by atoms with Gasteiger partial charge in [-0.15, -0.1) is 161 Å². The number of rotatable bonds is 5. The van der Waals surface area contributed by atoms with Crippen LogP contribution in [0.2, 0.25) is 0 Å². The van der Waals surface area contributed by atoms with E-state index >= 15 is 0 Å². The maximum atomic E-state index is 13.3. The van der Waals surface area contributed by atoms with Gasteiger partial charge in [-0.05, 0) is 89.3 Å². The zero-order chi connectivity index (χ0) is 56.3. The van der Waals surface area contributed by atoms with Crippen LogP contribution in [0.4, 0.5) is 15.8 Å². The van der Waals surface area contributed by atoms with E-state index in [-0.39, 0.29) is 117 Å². The molecule has 5 radical (unpaired) electrons. The molecule has 15 rings (SSSR count). The van der Waals surface area contributed by atoms with Gasteiger partial charge in [0.1, 0.15) is 0 Å². The first kappa shape index (κ1) is 69.5. The zero-order valence-corrected chi connectivity index (χ0v) is 60.3. The molecule has 0 fully saturated rings. The monoisotopic (exact) mass is 2040 g/mol. The Bertz CT molecular complexity index is 4330. The summed E-state index contributed by atoms with van der Waals surface area (Å²) in [6.07, 6.45) is 5.57. The van der Waals surface area contributed by atoms with Crippen LogP contribution in [0, 0.1) is 36.1 Å². The molecule has 87 heavy (non-hydrogen) atoms. The molecule has 0 N–H and O–H groups in total. The quantitative estimate of drug-likeness (QED) is 0.161. The number of hydrogen-bond donors (Lipinski definition) is 0. The van der Waals surface area contributed by atoms with Crippen molar-refractivity contribution in [3.63, 3.8) is 0 Å². The summed E-state index contributed by atoms with van der Waals surface area (Å²) >= 11 is 1.73. The van der Waals surface area contributed by atoms with Crippen molar-refractivity contribution in [2.45, 2.75) is 38.5 Å². The Morgan fingerprint density at radius 2 is 0.931 bits per heavy atom. The number of halogens is 1. The molecule has 0 bridgehead atoms. The normalized spacial score (nSPS) is 12.3. The van der Waals surface area contributed by atoms with E-state index in [1.165, 1.54) is 54.9 Å². The number of benzene rings is 9. The maximum absolute atomic E-state index is 13.3. The summed E-state index contributed by atoms with van der Waals surface area (Å²) in [7, 11) is 0. The molecule has 12 heteroatoms. The topological polar surface area (TPSA) is 63.4 Å². The van der Waals surface area contributed by atoms with Gasteiger partial charge in [-0.25, -0.2) is 15.7 Å². The number of thiophene rings is 1. The third-order valence-electron chi connectivity index (χ3n) is 14.3. The number of aliphatic imine (C=N–C) groups is 2. The van der Waals surface area contributed by atoms with Crippen LogP contribution in [0.5, 0.6) is 0 Å². The summed E-state index contributed by atoms with van der Waals surface area (Å²) < 4.78 is 14.6. The SMILES string of the molecule is CC1(C)C(c2[c-]ccc(F)c2)=Nc2ccccc21.CC1(C)C(c2[c-]cccc2)=Nc2ccccc21.[Ir].[Ir].[Ir].[Ir].[Ir].[c-]1c(-c2ccccn2)sc2ccccc12.[c-]1ccccc1-c1cc2ccccc2cn1.[c-]1ccccc1-c1nccc2ccccc12. The van der Waals surface area contributed by atoms with Crippen molar-refractivity contribution in [1.82, 2.24) is 15.0 Å². The number of fused-ring (bicyclic) bond motifs is 5. The van der Waals surface area contributed by atoms with E-state index in [1.807, 2.05) is 164 Å². The van der Waals surface area contributed by atoms with E-state index in [4.69, 9.17) is 4.99 Å². The van der Waals surface area contributed by atoms with Gasteiger partial charge in [-0.2, -0.15) is 0 Å². The van der Waals surface area contributed by atoms with Gasteiger partial charge < -0.3 is 15.0 Å². The minimum Gasteiger partial charge on any atom is -0.304 e. The van der Waals surface area contributed by atoms with Crippen LogP contribution >= 0.6 is 11.3 Å². The van der Waals surface area contributed by atoms with Crippen LogP contribution in [0.1, 0.15) is 49.9 Å². The minimum absolute atomic E-state index is 0. The second-order valence-corrected chi connectivity index (χ2v) is 21.6. The van der Waals surface area contributed by atoms with Crippen LogP contribution in [-0.4, -0.2) is 26.4 Å². The summed E-state index contributed by atoms with van der Waals surface area (Å²) in [5, 5.41) is 5.94. The Morgan fingerprint density at radius 1 is 0.402 bits per heavy atom. The van der Waals surface area contributed by atoms with Crippen LogP contribution in [-0.2, 0) is 111 Å². The van der Waals surface area contributed by atoms with Crippen molar-refractivity contribution in [2.75, 3.05) is 0 Å². The van der Waals surface area contributed by atoms with E-state index in [0.717, 1.165) is 67.0 Å². The van der Waals surface area contributed by atoms with Crippen molar-refractivity contribution < 1.29 is 105 Å². The number of hydrogen-bond acceptors (Lipinski definition) is 6. The van der Waals surface area contributed by atoms with E-state index < -0.39 is 0 Å². The second kappa shape index (κ2) is 32.6. The third kappa shape index (κ3) is 16.6. The molecule has 2 aliphatic heterocycles. The van der Waals surface area contributed by atoms with Gasteiger partial charge in [0.25, 0.3) is 0 Å². The Kier molecular flexibility index (Phi) is 26.0. The molecule has 0 spiro atoms. The molecule has 5 nitrogen and oxygen atoms in total. The van der Waals surface area contributed by atoms with E-state index in [0.29, 0.717) is 0 Å². The molecular formula is C75H55FIr5N5S-5. The van der Waals surface area contributed by atoms with Crippen molar-refractivity contribution in [1.29, 1.82) is 0 Å². The Morgan fingerprint density at radius 3 is 1.53 bits per heavy atom. The smallest absolute Gasteiger partial charge is 0.0553 e. The van der Waals surface area contributed by atoms with Crippen LogP contribution in [0.25, 0.3) is 64.7 Å². The summed E-state index contributed by atoms with van der Waals surface area (Å²) in [6.45, 7) is 8.66. The van der Waals surface area contributed by atoms with E-state index in [2.05, 4.69) is 157 Å². The first-order valence-electron chi connectivity index (χ1n) is 27.1. The van der Waals surface area contributed by atoms with Crippen molar-refractivity contribution in [3.8, 4) is 33.1 Å². The molecular weight excluding hydrogens is 1980 g/mol. The van der Waals surface area contributed by atoms with Gasteiger partial charge >= 0.3 is 0 Å². The fourth-order valence-corrected chi connectivity index (χ4v) is 11.1. The third-order valence-corrected chi connectivity index (χ3v) is 15.4. The van der Waals surface area contributed by atoms with Gasteiger partial charge in [0.15, 0.2) is 0 Å². The van der Waals surface area contributed by atoms with Gasteiger partial charge in [0.2, 0.25) is 0 Å². The van der Waals surface area contributed by atoms with Crippen LogP contribution < -0.4 is 0 Å². The minimum atomic E-state index is -0.252. The Labute approximate surface area is 581 Å². The predicted octanol–water partition coefficient (Wildman–Crippen LogP) is 19.1. The zero-order valence-electron chi connectivity index (χ0n) is 47.5. The van der Waals surface area contributed by atoms with Gasteiger partial charge in [-0.3, -0.25) is 9.98 Å². The maximum Gasteiger partial charge on any atom is 0.0553 e. The van der Waals surface area contributed by atoms with Crippen LogP contribution in [0.3, 0.4) is 0 Å². The Hall–Kier alpha value is -6.57. The summed E-state index contributed by atoms with van der Waals surface area (Å²) in [5.41, 5.74) is 13.1. The molecule has 4 aromatic heterocycles. The van der Waals surface area contributed by atoms with Gasteiger partial charge in [0, 0.05) is 141 Å². The molecule has 2 aliphatic rings. The second-order valence-electron chi connectivity index (χ2n) is 20.5. The molecule has 0 aliphatic carbocycles. The molecule has 0 amide bonds. The standard InChI is InChI=1S/C16H13FN.C16H14N.2C15H10N.C13H8NS.5Ir/c1-16(2)13-8-3-4-9-14(13)18-15(16)11-6-5-7-12(17)10-11;1-16(2)13-10-6-7-11-14(13)17-15(16)12-8-4-3-5-9-12;1-2-7-13(8-3-1)15-14-9-5-4-6-12(14)10-11-16-15;1-2-6-12(7-3-1)15-10-13-8-4-5-9-14(13)11-16-15;1-2-7-12-10(5-1)9-13(15-12)11-6-3-4-8-14-11;;;;;/h3-5,7-10H,1-2H3;3-8,10-11H,1-2H3;1-7,9-11H;1-6,8-11H;1-8H;;;;;/q5*-1;;;;;. The average Bonchev–Trinajstić information content (AvgIpc) is 1.85. The summed E-state index contributed by atoms with van der Waals surface area (Å²) in [4.78, 5) is 23.7. The molecule has 0 unspecified atom stereocenters. The van der Waals surface area contributed by atoms with Crippen molar-refractivity contribution >= 4 is 65.8 Å². The predicted molar refractivity (Wildman–Crippen MR) is 338 cm³/mol. The molecule has 9 aromatic carbocycles. The molecule has 443 valence electrons. The van der Waals surface area contributed by atoms with E-state index in [1.54, 1.807) is 17.4 Å². The van der Waals surface area contributed by atoms with Gasteiger partial charge in [0.05, 0.1) is 11.4 Å². The molecule has 0 saturated carbocycles. The summed E-state index contributed by atoms with van der Waals surface area (Å²) in [5.74, 6) is -0.252. The Balaban J connectivity index is 0.000000171. The summed E-state index contributed by atoms with van der Waals surface area (Å²) in [6, 6.07) is 95.7. The van der Waals surface area contributed by atoms with Crippen LogP contribution in [0.15, 0.2) is 271 Å². The fourth-order valence-electron chi connectivity index (χ4n) is 10.1. The number of para-hydroxylation sites is 2. The molecule has 13 aromatic rings. The molecule has 6 heterocycles.